The van der Waals surface area contributed by atoms with Crippen LogP contribution in [0.2, 0.25) is 5.02 Å². The van der Waals surface area contributed by atoms with Crippen LogP contribution in [0.25, 0.3) is 0 Å². The van der Waals surface area contributed by atoms with Gasteiger partial charge in [-0.05, 0) is 56.8 Å². The molecule has 1 N–H and O–H groups in total. The van der Waals surface area contributed by atoms with Crippen LogP contribution in [-0.4, -0.2) is 69.8 Å². The van der Waals surface area contributed by atoms with Crippen molar-refractivity contribution in [2.45, 2.75) is 25.3 Å². The number of amides is 1. The minimum atomic E-state index is -3.77. The zero-order chi connectivity index (χ0) is 23.3. The molecule has 174 valence electrons. The standard InChI is InChI=1S/C23H31ClN4O3S/c1-4-27(5-2)20-9-6-18(7-10-20)17-25-23(29)19-8-11-21(24)22(16-19)32(30,31)28-14-12-26(3)13-15-28/h6-11,16H,4-5,12-15,17H2,1-3H3,(H,25,29). The Bertz CT molecular complexity index is 1030. The maximum atomic E-state index is 13.1. The van der Waals surface area contributed by atoms with Gasteiger partial charge in [0.1, 0.15) is 4.90 Å². The first-order valence-corrected chi connectivity index (χ1v) is 12.7. The average Bonchev–Trinajstić information content (AvgIpc) is 2.79. The lowest BCUT2D eigenvalue weighted by atomic mass is 10.1. The van der Waals surface area contributed by atoms with E-state index in [1.807, 2.05) is 31.3 Å². The molecule has 1 amide bonds. The van der Waals surface area contributed by atoms with E-state index in [4.69, 9.17) is 11.6 Å². The number of nitrogens with one attached hydrogen (secondary N) is 1. The third-order valence-electron chi connectivity index (χ3n) is 5.79. The number of hydrogen-bond donors (Lipinski definition) is 1. The summed E-state index contributed by atoms with van der Waals surface area (Å²) in [6.07, 6.45) is 0. The SMILES string of the molecule is CCN(CC)c1ccc(CNC(=O)c2ccc(Cl)c(S(=O)(=O)N3CCN(C)CC3)c2)cc1. The van der Waals surface area contributed by atoms with Crippen molar-refractivity contribution in [3.05, 3.63) is 58.6 Å². The van der Waals surface area contributed by atoms with Gasteiger partial charge in [-0.3, -0.25) is 4.79 Å². The fraction of sp³-hybridized carbons (Fsp3) is 0.435. The summed E-state index contributed by atoms with van der Waals surface area (Å²) >= 11 is 6.22. The van der Waals surface area contributed by atoms with Gasteiger partial charge in [-0.2, -0.15) is 4.31 Å². The van der Waals surface area contributed by atoms with E-state index < -0.39 is 10.0 Å². The number of hydrogen-bond acceptors (Lipinski definition) is 5. The summed E-state index contributed by atoms with van der Waals surface area (Å²) in [6, 6.07) is 12.4. The van der Waals surface area contributed by atoms with Crippen LogP contribution >= 0.6 is 11.6 Å². The maximum Gasteiger partial charge on any atom is 0.251 e. The molecule has 0 aliphatic carbocycles. The molecule has 0 bridgehead atoms. The molecule has 3 rings (SSSR count). The number of carbonyl (C=O) groups excluding carboxylic acids is 1. The normalized spacial score (nSPS) is 15.5. The Hall–Kier alpha value is -2.13. The van der Waals surface area contributed by atoms with E-state index in [1.54, 1.807) is 6.07 Å². The zero-order valence-electron chi connectivity index (χ0n) is 18.8. The summed E-state index contributed by atoms with van der Waals surface area (Å²) in [4.78, 5) is 17.0. The van der Waals surface area contributed by atoms with Crippen molar-refractivity contribution < 1.29 is 13.2 Å². The fourth-order valence-corrected chi connectivity index (χ4v) is 5.63. The lowest BCUT2D eigenvalue weighted by Gasteiger charge is -2.31. The first-order valence-electron chi connectivity index (χ1n) is 10.9. The van der Waals surface area contributed by atoms with Gasteiger partial charge in [0.05, 0.1) is 5.02 Å². The molecule has 0 atom stereocenters. The number of halogens is 1. The van der Waals surface area contributed by atoms with Crippen LogP contribution in [0.4, 0.5) is 5.69 Å². The Morgan fingerprint density at radius 3 is 2.25 bits per heavy atom. The molecule has 0 aromatic heterocycles. The monoisotopic (exact) mass is 478 g/mol. The molecule has 0 unspecified atom stereocenters. The summed E-state index contributed by atoms with van der Waals surface area (Å²) in [5.74, 6) is -0.343. The van der Waals surface area contributed by atoms with E-state index in [-0.39, 0.29) is 21.4 Å². The first-order chi connectivity index (χ1) is 15.3. The second kappa shape index (κ2) is 10.7. The Balaban J connectivity index is 1.70. The third kappa shape index (κ3) is 5.61. The summed E-state index contributed by atoms with van der Waals surface area (Å²) in [6.45, 7) is 8.55. The van der Waals surface area contributed by atoms with Crippen LogP contribution in [0, 0.1) is 0 Å². The van der Waals surface area contributed by atoms with Crippen LogP contribution < -0.4 is 10.2 Å². The molecule has 0 saturated carbocycles. The van der Waals surface area contributed by atoms with Gasteiger partial charge in [-0.1, -0.05) is 23.7 Å². The predicted molar refractivity (Wildman–Crippen MR) is 129 cm³/mol. The summed E-state index contributed by atoms with van der Waals surface area (Å²) in [5, 5.41) is 2.98. The maximum absolute atomic E-state index is 13.1. The molecular weight excluding hydrogens is 448 g/mol. The molecule has 0 spiro atoms. The number of likely N-dealkylation sites (N-methyl/N-ethyl adjacent to an activating group) is 1. The molecule has 7 nitrogen and oxygen atoms in total. The topological polar surface area (TPSA) is 73.0 Å². The number of anilines is 1. The Kier molecular flexibility index (Phi) is 8.16. The number of nitrogens with zero attached hydrogens (tertiary/aromatic N) is 3. The van der Waals surface area contributed by atoms with Crippen molar-refractivity contribution in [1.82, 2.24) is 14.5 Å². The second-order valence-corrected chi connectivity index (χ2v) is 10.2. The minimum absolute atomic E-state index is 0.0278. The smallest absolute Gasteiger partial charge is 0.251 e. The molecule has 32 heavy (non-hydrogen) atoms. The van der Waals surface area contributed by atoms with Crippen molar-refractivity contribution in [3.63, 3.8) is 0 Å². The van der Waals surface area contributed by atoms with Gasteiger partial charge >= 0.3 is 0 Å². The summed E-state index contributed by atoms with van der Waals surface area (Å²) in [5.41, 5.74) is 2.37. The van der Waals surface area contributed by atoms with Crippen molar-refractivity contribution in [2.24, 2.45) is 0 Å². The lowest BCUT2D eigenvalue weighted by Crippen LogP contribution is -2.47. The summed E-state index contributed by atoms with van der Waals surface area (Å²) < 4.78 is 27.6. The van der Waals surface area contributed by atoms with Gasteiger partial charge in [0.15, 0.2) is 0 Å². The molecule has 1 heterocycles. The molecule has 0 radical (unpaired) electrons. The van der Waals surface area contributed by atoms with Crippen molar-refractivity contribution in [2.75, 3.05) is 51.2 Å². The third-order valence-corrected chi connectivity index (χ3v) is 8.17. The van der Waals surface area contributed by atoms with E-state index in [1.165, 1.54) is 16.4 Å². The van der Waals surface area contributed by atoms with E-state index in [0.717, 1.165) is 24.3 Å². The second-order valence-electron chi connectivity index (χ2n) is 7.87. The van der Waals surface area contributed by atoms with Crippen LogP contribution in [0.1, 0.15) is 29.8 Å². The van der Waals surface area contributed by atoms with Crippen LogP contribution in [-0.2, 0) is 16.6 Å². The molecule has 2 aromatic carbocycles. The quantitative estimate of drug-likeness (QED) is 0.631. The average molecular weight is 479 g/mol. The van der Waals surface area contributed by atoms with Crippen molar-refractivity contribution in [1.29, 1.82) is 0 Å². The summed E-state index contributed by atoms with van der Waals surface area (Å²) in [7, 11) is -1.81. The highest BCUT2D eigenvalue weighted by molar-refractivity contribution is 7.89. The van der Waals surface area contributed by atoms with Crippen LogP contribution in [0.5, 0.6) is 0 Å². The van der Waals surface area contributed by atoms with Gasteiger partial charge < -0.3 is 15.1 Å². The van der Waals surface area contributed by atoms with Crippen molar-refractivity contribution in [3.8, 4) is 0 Å². The number of piperazine rings is 1. The van der Waals surface area contributed by atoms with Gasteiger partial charge in [-0.25, -0.2) is 8.42 Å². The van der Waals surface area contributed by atoms with Gasteiger partial charge in [0.2, 0.25) is 10.0 Å². The molecule has 9 heteroatoms. The number of carbonyl (C=O) groups is 1. The van der Waals surface area contributed by atoms with Gasteiger partial charge in [0.25, 0.3) is 5.91 Å². The highest BCUT2D eigenvalue weighted by Gasteiger charge is 2.30. The highest BCUT2D eigenvalue weighted by atomic mass is 35.5. The Labute approximate surface area is 196 Å². The number of rotatable bonds is 8. The van der Waals surface area contributed by atoms with Gasteiger partial charge in [0, 0.05) is 57.1 Å². The minimum Gasteiger partial charge on any atom is -0.372 e. The van der Waals surface area contributed by atoms with E-state index in [0.29, 0.717) is 32.7 Å². The fourth-order valence-electron chi connectivity index (χ4n) is 3.71. The first kappa shape index (κ1) is 24.5. The van der Waals surface area contributed by atoms with Crippen LogP contribution in [0.3, 0.4) is 0 Å². The molecule has 1 aliphatic rings. The highest BCUT2D eigenvalue weighted by Crippen LogP contribution is 2.26. The molecule has 1 saturated heterocycles. The Morgan fingerprint density at radius 1 is 1.03 bits per heavy atom. The van der Waals surface area contributed by atoms with E-state index >= 15 is 0 Å². The van der Waals surface area contributed by atoms with Crippen LogP contribution in [0.15, 0.2) is 47.4 Å². The largest absolute Gasteiger partial charge is 0.372 e. The molecule has 2 aromatic rings. The zero-order valence-corrected chi connectivity index (χ0v) is 20.4. The van der Waals surface area contributed by atoms with Gasteiger partial charge in [-0.15, -0.1) is 0 Å². The molecule has 1 fully saturated rings. The molecule has 1 aliphatic heterocycles. The predicted octanol–water partition coefficient (Wildman–Crippen LogP) is 3.05. The van der Waals surface area contributed by atoms with E-state index in [9.17, 15) is 13.2 Å². The molecular formula is C23H31ClN4O3S. The number of sulfonamides is 1. The van der Waals surface area contributed by atoms with Crippen molar-refractivity contribution >= 4 is 33.2 Å². The Morgan fingerprint density at radius 2 is 1.66 bits per heavy atom. The number of benzene rings is 2. The lowest BCUT2D eigenvalue weighted by molar-refractivity contribution is 0.0950. The van der Waals surface area contributed by atoms with E-state index in [2.05, 4.69) is 29.0 Å².